The lowest BCUT2D eigenvalue weighted by Gasteiger charge is -2.35. The second-order valence-corrected chi connectivity index (χ2v) is 9.16. The van der Waals surface area contributed by atoms with Gasteiger partial charge in [0.05, 0.1) is 5.56 Å². The Labute approximate surface area is 189 Å². The second kappa shape index (κ2) is 9.73. The number of halogens is 1. The van der Waals surface area contributed by atoms with Gasteiger partial charge >= 0.3 is 0 Å². The van der Waals surface area contributed by atoms with Crippen LogP contribution in [0.5, 0.6) is 0 Å². The summed E-state index contributed by atoms with van der Waals surface area (Å²) in [6.45, 7) is 5.79. The Hall–Kier alpha value is -2.53. The molecule has 2 aromatic rings. The van der Waals surface area contributed by atoms with Crippen molar-refractivity contribution in [3.05, 3.63) is 58.6 Å². The van der Waals surface area contributed by atoms with Crippen LogP contribution in [-0.4, -0.2) is 42.9 Å². The molecule has 2 saturated heterocycles. The summed E-state index contributed by atoms with van der Waals surface area (Å²) in [5, 5.41) is 3.45. The van der Waals surface area contributed by atoms with Crippen molar-refractivity contribution in [1.29, 1.82) is 0 Å². The first-order valence-corrected chi connectivity index (χ1v) is 11.6. The first kappa shape index (κ1) is 21.7. The Morgan fingerprint density at radius 1 is 0.968 bits per heavy atom. The van der Waals surface area contributed by atoms with E-state index in [1.54, 1.807) is 24.3 Å². The number of amides is 2. The Morgan fingerprint density at radius 3 is 2.42 bits per heavy atom. The van der Waals surface area contributed by atoms with Crippen molar-refractivity contribution in [2.75, 3.05) is 36.4 Å². The van der Waals surface area contributed by atoms with E-state index in [4.69, 9.17) is 11.6 Å². The van der Waals surface area contributed by atoms with Crippen molar-refractivity contribution in [3.63, 3.8) is 0 Å². The first-order chi connectivity index (χ1) is 15.0. The number of nitrogens with zero attached hydrogens (tertiary/aromatic N) is 2. The van der Waals surface area contributed by atoms with Gasteiger partial charge in [0.2, 0.25) is 0 Å². The molecule has 2 aliphatic heterocycles. The molecular formula is C25H30ClN3O2. The van der Waals surface area contributed by atoms with E-state index in [-0.39, 0.29) is 11.8 Å². The van der Waals surface area contributed by atoms with Gasteiger partial charge in [0, 0.05) is 48.1 Å². The number of nitrogens with one attached hydrogen (secondary N) is 1. The predicted octanol–water partition coefficient (Wildman–Crippen LogP) is 5.45. The topological polar surface area (TPSA) is 52.7 Å². The minimum absolute atomic E-state index is 0.0622. The Kier molecular flexibility index (Phi) is 6.81. The lowest BCUT2D eigenvalue weighted by Crippen LogP contribution is -2.38. The van der Waals surface area contributed by atoms with Crippen molar-refractivity contribution in [1.82, 2.24) is 4.90 Å². The summed E-state index contributed by atoms with van der Waals surface area (Å²) in [5.74, 6) is 0.541. The van der Waals surface area contributed by atoms with E-state index in [0.29, 0.717) is 27.8 Å². The zero-order chi connectivity index (χ0) is 21.8. The van der Waals surface area contributed by atoms with E-state index >= 15 is 0 Å². The number of hydrogen-bond donors (Lipinski definition) is 1. The maximum absolute atomic E-state index is 13.4. The molecule has 2 amide bonds. The number of likely N-dealkylation sites (tertiary alicyclic amines) is 1. The predicted molar refractivity (Wildman–Crippen MR) is 126 cm³/mol. The SMILES string of the molecule is CC1CCN(c2ccc(NC(=O)c3cccc(Cl)c3)cc2C(=O)N2CCCCC2)CC1. The van der Waals surface area contributed by atoms with Crippen molar-refractivity contribution < 1.29 is 9.59 Å². The molecule has 2 fully saturated rings. The molecule has 31 heavy (non-hydrogen) atoms. The summed E-state index contributed by atoms with van der Waals surface area (Å²) in [4.78, 5) is 30.4. The number of benzene rings is 2. The van der Waals surface area contributed by atoms with Crippen LogP contribution in [0.1, 0.15) is 59.7 Å². The van der Waals surface area contributed by atoms with Crippen LogP contribution in [-0.2, 0) is 0 Å². The fourth-order valence-corrected chi connectivity index (χ4v) is 4.60. The molecule has 0 bridgehead atoms. The third kappa shape index (κ3) is 5.21. The largest absolute Gasteiger partial charge is 0.371 e. The van der Waals surface area contributed by atoms with Crippen molar-refractivity contribution >= 4 is 34.8 Å². The van der Waals surface area contributed by atoms with Gasteiger partial charge in [-0.3, -0.25) is 9.59 Å². The van der Waals surface area contributed by atoms with Crippen LogP contribution in [0.25, 0.3) is 0 Å². The molecule has 4 rings (SSSR count). The quantitative estimate of drug-likeness (QED) is 0.688. The summed E-state index contributed by atoms with van der Waals surface area (Å²) in [7, 11) is 0. The van der Waals surface area contributed by atoms with Crippen LogP contribution in [0.15, 0.2) is 42.5 Å². The highest BCUT2D eigenvalue weighted by Crippen LogP contribution is 2.30. The average Bonchev–Trinajstić information content (AvgIpc) is 2.80. The summed E-state index contributed by atoms with van der Waals surface area (Å²) in [5.41, 5.74) is 2.77. The van der Waals surface area contributed by atoms with Gasteiger partial charge in [0.1, 0.15) is 0 Å². The molecule has 2 aliphatic rings. The number of rotatable bonds is 4. The maximum atomic E-state index is 13.4. The maximum Gasteiger partial charge on any atom is 0.256 e. The van der Waals surface area contributed by atoms with Crippen LogP contribution in [0.2, 0.25) is 5.02 Å². The van der Waals surface area contributed by atoms with Crippen LogP contribution in [0, 0.1) is 5.92 Å². The summed E-state index contributed by atoms with van der Waals surface area (Å²) >= 11 is 6.03. The van der Waals surface area contributed by atoms with Crippen LogP contribution >= 0.6 is 11.6 Å². The molecule has 2 heterocycles. The van der Waals surface area contributed by atoms with Gasteiger partial charge in [0.15, 0.2) is 0 Å². The van der Waals surface area contributed by atoms with Gasteiger partial charge in [-0.25, -0.2) is 0 Å². The molecule has 1 N–H and O–H groups in total. The van der Waals surface area contributed by atoms with Gasteiger partial charge in [-0.05, 0) is 74.4 Å². The standard InChI is InChI=1S/C25H30ClN3O2/c1-18-10-14-28(15-11-18)23-9-8-21(27-24(30)19-6-5-7-20(26)16-19)17-22(23)25(31)29-12-3-2-4-13-29/h5-9,16-18H,2-4,10-15H2,1H3,(H,27,30). The smallest absolute Gasteiger partial charge is 0.256 e. The van der Waals surface area contributed by atoms with Crippen LogP contribution in [0.4, 0.5) is 11.4 Å². The summed E-state index contributed by atoms with van der Waals surface area (Å²) < 4.78 is 0. The molecule has 164 valence electrons. The van der Waals surface area contributed by atoms with Gasteiger partial charge in [0.25, 0.3) is 11.8 Å². The van der Waals surface area contributed by atoms with Crippen molar-refractivity contribution in [2.45, 2.75) is 39.0 Å². The monoisotopic (exact) mass is 439 g/mol. The fourth-order valence-electron chi connectivity index (χ4n) is 4.41. The first-order valence-electron chi connectivity index (χ1n) is 11.3. The molecule has 0 aliphatic carbocycles. The number of anilines is 2. The molecule has 0 unspecified atom stereocenters. The summed E-state index contributed by atoms with van der Waals surface area (Å²) in [6.07, 6.45) is 5.53. The minimum atomic E-state index is -0.238. The zero-order valence-corrected chi connectivity index (χ0v) is 18.8. The molecule has 0 radical (unpaired) electrons. The van der Waals surface area contributed by atoms with Gasteiger partial charge in [-0.15, -0.1) is 0 Å². The van der Waals surface area contributed by atoms with Crippen LogP contribution in [0.3, 0.4) is 0 Å². The highest BCUT2D eigenvalue weighted by Gasteiger charge is 2.25. The molecule has 5 nitrogen and oxygen atoms in total. The van der Waals surface area contributed by atoms with E-state index in [1.807, 2.05) is 23.1 Å². The lowest BCUT2D eigenvalue weighted by atomic mass is 9.97. The third-order valence-corrected chi connectivity index (χ3v) is 6.57. The molecule has 2 aromatic carbocycles. The van der Waals surface area contributed by atoms with Gasteiger partial charge in [-0.2, -0.15) is 0 Å². The van der Waals surface area contributed by atoms with Crippen molar-refractivity contribution in [3.8, 4) is 0 Å². The average molecular weight is 440 g/mol. The molecule has 0 saturated carbocycles. The van der Waals surface area contributed by atoms with Gasteiger partial charge < -0.3 is 15.1 Å². The zero-order valence-electron chi connectivity index (χ0n) is 18.1. The summed E-state index contributed by atoms with van der Waals surface area (Å²) in [6, 6.07) is 12.6. The van der Waals surface area contributed by atoms with Gasteiger partial charge in [-0.1, -0.05) is 24.6 Å². The fraction of sp³-hybridized carbons (Fsp3) is 0.440. The van der Waals surface area contributed by atoms with Crippen molar-refractivity contribution in [2.24, 2.45) is 5.92 Å². The second-order valence-electron chi connectivity index (χ2n) is 8.72. The Balaban J connectivity index is 1.61. The molecular weight excluding hydrogens is 410 g/mol. The third-order valence-electron chi connectivity index (χ3n) is 6.34. The van der Waals surface area contributed by atoms with Crippen LogP contribution < -0.4 is 10.2 Å². The van der Waals surface area contributed by atoms with E-state index in [9.17, 15) is 9.59 Å². The lowest BCUT2D eigenvalue weighted by molar-refractivity contribution is 0.0724. The number of carbonyl (C=O) groups excluding carboxylic acids is 2. The Bertz CT molecular complexity index is 948. The normalized spacial score (nSPS) is 17.5. The van der Waals surface area contributed by atoms with E-state index in [2.05, 4.69) is 17.1 Å². The Morgan fingerprint density at radius 2 is 1.71 bits per heavy atom. The molecule has 6 heteroatoms. The van der Waals surface area contributed by atoms with E-state index in [1.165, 1.54) is 6.42 Å². The highest BCUT2D eigenvalue weighted by molar-refractivity contribution is 6.31. The number of carbonyl (C=O) groups is 2. The number of hydrogen-bond acceptors (Lipinski definition) is 3. The molecule has 0 spiro atoms. The van der Waals surface area contributed by atoms with E-state index < -0.39 is 0 Å². The molecule has 0 aromatic heterocycles. The number of piperidine rings is 2. The minimum Gasteiger partial charge on any atom is -0.371 e. The molecule has 0 atom stereocenters. The highest BCUT2D eigenvalue weighted by atomic mass is 35.5. The van der Waals surface area contributed by atoms with E-state index in [0.717, 1.165) is 57.5 Å².